The van der Waals surface area contributed by atoms with E-state index in [-0.39, 0.29) is 17.7 Å². The highest BCUT2D eigenvalue weighted by Gasteiger charge is 2.13. The number of benzene rings is 1. The molecule has 0 unspecified atom stereocenters. The molecule has 0 spiro atoms. The first-order chi connectivity index (χ1) is 11.7. The second-order valence-electron chi connectivity index (χ2n) is 6.07. The molecule has 2 N–H and O–H groups in total. The minimum atomic E-state index is -3.32. The molecule has 0 aliphatic carbocycles. The van der Waals surface area contributed by atoms with E-state index in [0.717, 1.165) is 11.4 Å². The fourth-order valence-corrected chi connectivity index (χ4v) is 3.05. The Hall–Kier alpha value is -2.35. The van der Waals surface area contributed by atoms with Crippen LogP contribution in [0.4, 0.5) is 5.69 Å². The molecule has 0 fully saturated rings. The summed E-state index contributed by atoms with van der Waals surface area (Å²) in [5, 5.41) is 7.31. The van der Waals surface area contributed by atoms with Crippen molar-refractivity contribution in [1.82, 2.24) is 15.1 Å². The van der Waals surface area contributed by atoms with Gasteiger partial charge in [0.15, 0.2) is 0 Å². The third-order valence-corrected chi connectivity index (χ3v) is 5.03. The Morgan fingerprint density at radius 2 is 1.88 bits per heavy atom. The lowest BCUT2D eigenvalue weighted by Gasteiger charge is -2.15. The van der Waals surface area contributed by atoms with Gasteiger partial charge in [-0.2, -0.15) is 5.10 Å². The summed E-state index contributed by atoms with van der Waals surface area (Å²) in [6.07, 6.45) is 0. The molecule has 7 nitrogen and oxygen atoms in total. The summed E-state index contributed by atoms with van der Waals surface area (Å²) in [6.45, 7) is 7.97. The number of nitrogens with zero attached hydrogens (tertiary/aromatic N) is 2. The van der Waals surface area contributed by atoms with Crippen molar-refractivity contribution in [2.24, 2.45) is 0 Å². The number of hydrogen-bond acceptors (Lipinski definition) is 4. The van der Waals surface area contributed by atoms with E-state index in [9.17, 15) is 13.2 Å². The zero-order valence-electron chi connectivity index (χ0n) is 14.9. The molecular weight excluding hydrogens is 340 g/mol. The molecule has 1 aromatic heterocycles. The Labute approximate surface area is 148 Å². The fraction of sp³-hybridized carbons (Fsp3) is 0.412. The normalized spacial score (nSPS) is 12.6. The van der Waals surface area contributed by atoms with E-state index in [1.54, 1.807) is 31.2 Å². The zero-order chi connectivity index (χ0) is 18.6. The minimum absolute atomic E-state index is 0.000921. The molecule has 25 heavy (non-hydrogen) atoms. The van der Waals surface area contributed by atoms with Crippen LogP contribution in [0.1, 0.15) is 35.6 Å². The van der Waals surface area contributed by atoms with Crippen LogP contribution in [0, 0.1) is 13.8 Å². The van der Waals surface area contributed by atoms with Crippen LogP contribution in [-0.2, 0) is 16.6 Å². The van der Waals surface area contributed by atoms with Gasteiger partial charge in [-0.05, 0) is 58.0 Å². The van der Waals surface area contributed by atoms with Gasteiger partial charge < -0.3 is 5.32 Å². The molecule has 1 heterocycles. The predicted octanol–water partition coefficient (Wildman–Crippen LogP) is 2.08. The molecule has 2 rings (SSSR count). The lowest BCUT2D eigenvalue weighted by molar-refractivity contribution is 0.0936. The monoisotopic (exact) mass is 364 g/mol. The smallest absolute Gasteiger partial charge is 0.251 e. The van der Waals surface area contributed by atoms with Crippen molar-refractivity contribution in [3.63, 3.8) is 0 Å². The summed E-state index contributed by atoms with van der Waals surface area (Å²) < 4.78 is 27.4. The molecule has 2 aromatic rings. The van der Waals surface area contributed by atoms with E-state index >= 15 is 0 Å². The molecule has 0 radical (unpaired) electrons. The molecule has 0 aliphatic heterocycles. The number of carbonyl (C=O) groups excluding carboxylic acids is 1. The van der Waals surface area contributed by atoms with Crippen molar-refractivity contribution in [2.75, 3.05) is 10.5 Å². The largest absolute Gasteiger partial charge is 0.348 e. The Balaban J connectivity index is 1.97. The quantitative estimate of drug-likeness (QED) is 0.787. The first-order valence-corrected chi connectivity index (χ1v) is 9.78. The predicted molar refractivity (Wildman–Crippen MR) is 98.2 cm³/mol. The minimum Gasteiger partial charge on any atom is -0.348 e. The van der Waals surface area contributed by atoms with Gasteiger partial charge in [-0.3, -0.25) is 14.2 Å². The molecule has 0 saturated heterocycles. The number of amides is 1. The lowest BCUT2D eigenvalue weighted by atomic mass is 10.2. The second kappa shape index (κ2) is 7.69. The van der Waals surface area contributed by atoms with Crippen molar-refractivity contribution in [3.05, 3.63) is 47.3 Å². The van der Waals surface area contributed by atoms with Crippen LogP contribution >= 0.6 is 0 Å². The number of aryl methyl sites for hydroxylation is 2. The van der Waals surface area contributed by atoms with Gasteiger partial charge >= 0.3 is 0 Å². The highest BCUT2D eigenvalue weighted by molar-refractivity contribution is 7.92. The van der Waals surface area contributed by atoms with Gasteiger partial charge in [-0.15, -0.1) is 0 Å². The molecule has 1 aromatic carbocycles. The lowest BCUT2D eigenvalue weighted by Crippen LogP contribution is -2.36. The summed E-state index contributed by atoms with van der Waals surface area (Å²) in [5.41, 5.74) is 2.90. The van der Waals surface area contributed by atoms with E-state index in [4.69, 9.17) is 0 Å². The third kappa shape index (κ3) is 5.32. The van der Waals surface area contributed by atoms with E-state index in [1.807, 2.05) is 31.5 Å². The Morgan fingerprint density at radius 1 is 1.24 bits per heavy atom. The van der Waals surface area contributed by atoms with Crippen molar-refractivity contribution >= 4 is 21.6 Å². The van der Waals surface area contributed by atoms with E-state index in [0.29, 0.717) is 17.8 Å². The summed E-state index contributed by atoms with van der Waals surface area (Å²) in [6, 6.07) is 8.24. The van der Waals surface area contributed by atoms with Crippen molar-refractivity contribution in [3.8, 4) is 0 Å². The number of hydrogen-bond donors (Lipinski definition) is 2. The molecule has 1 atom stereocenters. The fourth-order valence-electron chi connectivity index (χ4n) is 2.41. The average Bonchev–Trinajstić information content (AvgIpc) is 2.85. The van der Waals surface area contributed by atoms with Crippen LogP contribution in [0.25, 0.3) is 0 Å². The summed E-state index contributed by atoms with van der Waals surface area (Å²) in [7, 11) is -3.32. The molecule has 1 amide bonds. The highest BCUT2D eigenvalue weighted by atomic mass is 32.2. The number of anilines is 1. The van der Waals surface area contributed by atoms with Crippen LogP contribution in [0.5, 0.6) is 0 Å². The first kappa shape index (κ1) is 19.0. The molecule has 0 saturated carbocycles. The van der Waals surface area contributed by atoms with Crippen LogP contribution in [-0.4, -0.2) is 35.9 Å². The molecular formula is C17H24N4O3S. The molecule has 0 aliphatic rings. The van der Waals surface area contributed by atoms with E-state index in [1.165, 1.54) is 0 Å². The first-order valence-electron chi connectivity index (χ1n) is 8.12. The summed E-state index contributed by atoms with van der Waals surface area (Å²) in [5.74, 6) is -0.210. The van der Waals surface area contributed by atoms with Crippen LogP contribution in [0.3, 0.4) is 0 Å². The van der Waals surface area contributed by atoms with Gasteiger partial charge in [0.25, 0.3) is 5.91 Å². The maximum atomic E-state index is 12.3. The summed E-state index contributed by atoms with van der Waals surface area (Å²) >= 11 is 0. The zero-order valence-corrected chi connectivity index (χ0v) is 15.7. The number of carbonyl (C=O) groups is 1. The Bertz CT molecular complexity index is 841. The number of aromatic nitrogens is 2. The number of nitrogens with one attached hydrogen (secondary N) is 2. The third-order valence-electron chi connectivity index (χ3n) is 3.73. The maximum Gasteiger partial charge on any atom is 0.251 e. The van der Waals surface area contributed by atoms with Gasteiger partial charge in [-0.25, -0.2) is 8.42 Å². The van der Waals surface area contributed by atoms with Gasteiger partial charge in [0.05, 0.1) is 18.0 Å². The van der Waals surface area contributed by atoms with Crippen LogP contribution in [0.2, 0.25) is 0 Å². The Kier molecular flexibility index (Phi) is 5.84. The topological polar surface area (TPSA) is 93.1 Å². The van der Waals surface area contributed by atoms with Gasteiger partial charge in [0.2, 0.25) is 10.0 Å². The number of rotatable bonds is 7. The van der Waals surface area contributed by atoms with Gasteiger partial charge in [-0.1, -0.05) is 0 Å². The van der Waals surface area contributed by atoms with Crippen LogP contribution < -0.4 is 10.0 Å². The molecule has 0 bridgehead atoms. The molecule has 8 heteroatoms. The van der Waals surface area contributed by atoms with Crippen molar-refractivity contribution < 1.29 is 13.2 Å². The maximum absolute atomic E-state index is 12.3. The van der Waals surface area contributed by atoms with Crippen molar-refractivity contribution in [1.29, 1.82) is 0 Å². The standard InChI is InChI=1S/C17H24N4O3S/c1-5-25(23,24)20-16-8-6-15(7-9-16)17(22)18-13(3)11-21-14(4)10-12(2)19-21/h6-10,13,20H,5,11H2,1-4H3,(H,18,22)/t13-/m0/s1. The second-order valence-corrected chi connectivity index (χ2v) is 8.08. The van der Waals surface area contributed by atoms with E-state index < -0.39 is 10.0 Å². The Morgan fingerprint density at radius 3 is 2.40 bits per heavy atom. The van der Waals surface area contributed by atoms with Crippen molar-refractivity contribution in [2.45, 2.75) is 40.3 Å². The number of sulfonamides is 1. The summed E-state index contributed by atoms with van der Waals surface area (Å²) in [4.78, 5) is 12.3. The van der Waals surface area contributed by atoms with Gasteiger partial charge in [0.1, 0.15) is 0 Å². The van der Waals surface area contributed by atoms with Crippen LogP contribution in [0.15, 0.2) is 30.3 Å². The highest BCUT2D eigenvalue weighted by Crippen LogP contribution is 2.12. The van der Waals surface area contributed by atoms with Gasteiger partial charge in [0, 0.05) is 23.0 Å². The van der Waals surface area contributed by atoms with E-state index in [2.05, 4.69) is 15.1 Å². The molecule has 136 valence electrons. The SMILES string of the molecule is CCS(=O)(=O)Nc1ccc(C(=O)N[C@@H](C)Cn2nc(C)cc2C)cc1. The average molecular weight is 364 g/mol.